The second-order valence-electron chi connectivity index (χ2n) is 6.02. The van der Waals surface area contributed by atoms with E-state index < -0.39 is 0 Å². The molecule has 0 aromatic heterocycles. The average molecular weight is 294 g/mol. The third-order valence-corrected chi connectivity index (χ3v) is 4.21. The second-order valence-corrected chi connectivity index (χ2v) is 6.02. The average Bonchev–Trinajstić information content (AvgIpc) is 2.52. The van der Waals surface area contributed by atoms with Gasteiger partial charge in [0, 0.05) is 0 Å². The van der Waals surface area contributed by atoms with E-state index in [9.17, 15) is 0 Å². The van der Waals surface area contributed by atoms with Crippen LogP contribution in [0.15, 0.2) is 24.3 Å². The van der Waals surface area contributed by atoms with Gasteiger partial charge in [0.05, 0.1) is 0 Å². The van der Waals surface area contributed by atoms with Gasteiger partial charge in [-0.1, -0.05) is 89.5 Å². The molecule has 2 N–H and O–H groups in total. The Hall–Kier alpha value is -0.860. The Labute approximate surface area is 131 Å². The lowest BCUT2D eigenvalue weighted by Gasteiger charge is -2.14. The van der Waals surface area contributed by atoms with Gasteiger partial charge in [0.25, 0.3) is 0 Å². The summed E-state index contributed by atoms with van der Waals surface area (Å²) in [6, 6.07) is 8.85. The predicted molar refractivity (Wildman–Crippen MR) is 92.1 cm³/mol. The molecule has 0 saturated carbocycles. The molecule has 0 radical (unpaired) electrons. The van der Waals surface area contributed by atoms with Crippen LogP contribution in [0.2, 0.25) is 0 Å². The van der Waals surface area contributed by atoms with Crippen LogP contribution in [0.3, 0.4) is 0 Å². The fourth-order valence-electron chi connectivity index (χ4n) is 2.88. The number of hydrogen-bond acceptors (Lipinski definition) is 2. The zero-order valence-corrected chi connectivity index (χ0v) is 14.1. The lowest BCUT2D eigenvalue weighted by molar-refractivity contribution is -0.176. The molecule has 1 unspecified atom stereocenters. The molecule has 0 amide bonds. The van der Waals surface area contributed by atoms with Crippen molar-refractivity contribution < 1.29 is 10.5 Å². The molecule has 0 aliphatic carbocycles. The van der Waals surface area contributed by atoms with Crippen molar-refractivity contribution in [1.29, 1.82) is 0 Å². The fraction of sp³-hybridized carbons (Fsp3) is 0.684. The first kappa shape index (κ1) is 20.1. The van der Waals surface area contributed by atoms with Crippen molar-refractivity contribution in [3.05, 3.63) is 35.4 Å². The number of aryl methyl sites for hydroxylation is 1. The van der Waals surface area contributed by atoms with Gasteiger partial charge in [0.15, 0.2) is 0 Å². The van der Waals surface area contributed by atoms with Crippen LogP contribution in [0.5, 0.6) is 0 Å². The van der Waals surface area contributed by atoms with Gasteiger partial charge in [0.2, 0.25) is 0 Å². The van der Waals surface area contributed by atoms with Gasteiger partial charge in [0.1, 0.15) is 0 Å². The predicted octanol–water partition coefficient (Wildman–Crippen LogP) is 6.65. The zero-order chi connectivity index (χ0) is 15.9. The number of benzene rings is 1. The molecule has 21 heavy (non-hydrogen) atoms. The van der Waals surface area contributed by atoms with Crippen LogP contribution in [0.25, 0.3) is 0 Å². The molecule has 122 valence electrons. The smallest absolute Gasteiger partial charge is 0.0188 e. The second kappa shape index (κ2) is 14.1. The van der Waals surface area contributed by atoms with Crippen molar-refractivity contribution >= 4 is 0 Å². The van der Waals surface area contributed by atoms with E-state index in [-0.39, 0.29) is 0 Å². The van der Waals surface area contributed by atoms with Crippen molar-refractivity contribution in [2.75, 3.05) is 0 Å². The molecule has 0 spiro atoms. The summed E-state index contributed by atoms with van der Waals surface area (Å²) >= 11 is 0. The lowest BCUT2D eigenvalue weighted by Crippen LogP contribution is -1.96. The Balaban J connectivity index is 0.00000191. The van der Waals surface area contributed by atoms with Gasteiger partial charge < -0.3 is 0 Å². The Kier molecular flexibility index (Phi) is 13.5. The lowest BCUT2D eigenvalue weighted by atomic mass is 9.91. The Bertz CT molecular complexity index is 336. The fourth-order valence-corrected chi connectivity index (χ4v) is 2.88. The van der Waals surface area contributed by atoms with Crippen molar-refractivity contribution in [3.8, 4) is 0 Å². The summed E-state index contributed by atoms with van der Waals surface area (Å²) in [5.41, 5.74) is 3.00. The highest BCUT2D eigenvalue weighted by Gasteiger charge is 2.07. The SMILES string of the molecule is CCCCCCCCCCC(C)c1ccccc1C.OO. The Morgan fingerprint density at radius 3 is 1.95 bits per heavy atom. The summed E-state index contributed by atoms with van der Waals surface area (Å²) in [4.78, 5) is 0. The minimum absolute atomic E-state index is 0.723. The maximum absolute atomic E-state index is 6.00. The van der Waals surface area contributed by atoms with Gasteiger partial charge in [-0.3, -0.25) is 10.5 Å². The van der Waals surface area contributed by atoms with Gasteiger partial charge in [-0.2, -0.15) is 0 Å². The normalized spacial score (nSPS) is 11.7. The number of rotatable bonds is 10. The molecule has 0 aliphatic heterocycles. The molecule has 1 aromatic carbocycles. The summed E-state index contributed by atoms with van der Waals surface area (Å²) in [6.07, 6.45) is 12.7. The molecule has 0 heterocycles. The molecule has 0 bridgehead atoms. The molecule has 0 aliphatic rings. The molecule has 1 atom stereocenters. The minimum atomic E-state index is 0.723. The van der Waals surface area contributed by atoms with Crippen LogP contribution >= 0.6 is 0 Å². The van der Waals surface area contributed by atoms with Crippen LogP contribution in [-0.4, -0.2) is 10.5 Å². The van der Waals surface area contributed by atoms with Crippen molar-refractivity contribution in [2.24, 2.45) is 0 Å². The van der Waals surface area contributed by atoms with Crippen LogP contribution in [-0.2, 0) is 0 Å². The van der Waals surface area contributed by atoms with E-state index in [1.165, 1.54) is 63.4 Å². The maximum Gasteiger partial charge on any atom is -0.0188 e. The minimum Gasteiger partial charge on any atom is -0.255 e. The Morgan fingerprint density at radius 2 is 1.38 bits per heavy atom. The van der Waals surface area contributed by atoms with Crippen LogP contribution in [0, 0.1) is 6.92 Å². The highest BCUT2D eigenvalue weighted by atomic mass is 17.0. The maximum atomic E-state index is 6.00. The zero-order valence-electron chi connectivity index (χ0n) is 14.1. The molecule has 2 nitrogen and oxygen atoms in total. The highest BCUT2D eigenvalue weighted by molar-refractivity contribution is 5.28. The summed E-state index contributed by atoms with van der Waals surface area (Å²) < 4.78 is 0. The molecule has 1 rings (SSSR count). The third kappa shape index (κ3) is 9.65. The molecule has 0 saturated heterocycles. The summed E-state index contributed by atoms with van der Waals surface area (Å²) in [5, 5.41) is 12.0. The van der Waals surface area contributed by atoms with Crippen molar-refractivity contribution in [1.82, 2.24) is 0 Å². The van der Waals surface area contributed by atoms with E-state index in [0.29, 0.717) is 0 Å². The molecule has 2 heteroatoms. The van der Waals surface area contributed by atoms with E-state index in [4.69, 9.17) is 10.5 Å². The van der Waals surface area contributed by atoms with Gasteiger partial charge in [-0.15, -0.1) is 0 Å². The van der Waals surface area contributed by atoms with E-state index in [0.717, 1.165) is 5.92 Å². The quantitative estimate of drug-likeness (QED) is 0.288. The number of unbranched alkanes of at least 4 members (excludes halogenated alkanes) is 7. The molecule has 0 fully saturated rings. The van der Waals surface area contributed by atoms with Gasteiger partial charge in [-0.05, 0) is 30.4 Å². The van der Waals surface area contributed by atoms with Gasteiger partial charge >= 0.3 is 0 Å². The summed E-state index contributed by atoms with van der Waals surface area (Å²) in [7, 11) is 0. The van der Waals surface area contributed by atoms with Crippen LogP contribution in [0.1, 0.15) is 88.7 Å². The van der Waals surface area contributed by atoms with E-state index >= 15 is 0 Å². The first-order chi connectivity index (χ1) is 10.3. The van der Waals surface area contributed by atoms with Crippen LogP contribution in [0.4, 0.5) is 0 Å². The first-order valence-corrected chi connectivity index (χ1v) is 8.51. The topological polar surface area (TPSA) is 40.5 Å². The van der Waals surface area contributed by atoms with E-state index in [2.05, 4.69) is 45.0 Å². The molecular formula is C19H34O2. The standard InChI is InChI=1S/C19H32.H2O2/c1-4-5-6-7-8-9-10-11-14-17(2)19-16-13-12-15-18(19)3;1-2/h12-13,15-17H,4-11,14H2,1-3H3;1-2H. The summed E-state index contributed by atoms with van der Waals surface area (Å²) in [6.45, 7) is 6.90. The van der Waals surface area contributed by atoms with Crippen molar-refractivity contribution in [2.45, 2.75) is 84.5 Å². The first-order valence-electron chi connectivity index (χ1n) is 8.51. The van der Waals surface area contributed by atoms with Crippen molar-refractivity contribution in [3.63, 3.8) is 0 Å². The van der Waals surface area contributed by atoms with E-state index in [1.54, 1.807) is 5.56 Å². The number of hydrogen-bond donors (Lipinski definition) is 2. The molecule has 1 aromatic rings. The monoisotopic (exact) mass is 294 g/mol. The third-order valence-electron chi connectivity index (χ3n) is 4.21. The van der Waals surface area contributed by atoms with Crippen LogP contribution < -0.4 is 0 Å². The van der Waals surface area contributed by atoms with Gasteiger partial charge in [-0.25, -0.2) is 0 Å². The molecular weight excluding hydrogens is 260 g/mol. The highest BCUT2D eigenvalue weighted by Crippen LogP contribution is 2.24. The summed E-state index contributed by atoms with van der Waals surface area (Å²) in [5.74, 6) is 0.723. The Morgan fingerprint density at radius 1 is 0.857 bits per heavy atom. The van der Waals surface area contributed by atoms with E-state index in [1.807, 2.05) is 0 Å². The largest absolute Gasteiger partial charge is 0.255 e.